The van der Waals surface area contributed by atoms with Crippen LogP contribution in [-0.4, -0.2) is 69.6 Å². The summed E-state index contributed by atoms with van der Waals surface area (Å²) in [6.45, 7) is 3.41. The number of hydrogen-bond donors (Lipinski definition) is 0. The van der Waals surface area contributed by atoms with Crippen LogP contribution < -0.4 is 4.74 Å². The van der Waals surface area contributed by atoms with E-state index in [0.717, 1.165) is 16.7 Å². The second-order valence-corrected chi connectivity index (χ2v) is 8.50. The van der Waals surface area contributed by atoms with Gasteiger partial charge in [-0.3, -0.25) is 19.7 Å². The Labute approximate surface area is 193 Å². The molecule has 5 rings (SSSR count). The minimum atomic E-state index is -0.955. The lowest BCUT2D eigenvalue weighted by Crippen LogP contribution is -2.59. The minimum Gasteiger partial charge on any atom is -0.481 e. The van der Waals surface area contributed by atoms with E-state index in [0.29, 0.717) is 45.2 Å². The number of hydrogen-bond acceptors (Lipinski definition) is 7. The molecule has 2 aliphatic rings. The van der Waals surface area contributed by atoms with Crippen LogP contribution >= 0.6 is 0 Å². The van der Waals surface area contributed by atoms with Crippen LogP contribution in [0.3, 0.4) is 0 Å². The number of likely N-dealkylation sites (tertiary alicyclic amines) is 1. The van der Waals surface area contributed by atoms with Gasteiger partial charge in [0.25, 0.3) is 5.91 Å². The van der Waals surface area contributed by atoms with E-state index < -0.39 is 5.60 Å². The molecule has 2 aliphatic heterocycles. The van der Waals surface area contributed by atoms with Crippen LogP contribution in [-0.2, 0) is 22.6 Å². The molecule has 8 nitrogen and oxygen atoms in total. The van der Waals surface area contributed by atoms with Crippen molar-refractivity contribution in [2.24, 2.45) is 0 Å². The second-order valence-electron chi connectivity index (χ2n) is 8.50. The molecule has 0 aromatic carbocycles. The van der Waals surface area contributed by atoms with Crippen molar-refractivity contribution in [3.63, 3.8) is 0 Å². The van der Waals surface area contributed by atoms with Crippen LogP contribution in [0.5, 0.6) is 5.88 Å². The van der Waals surface area contributed by atoms with Crippen LogP contribution in [0.2, 0.25) is 0 Å². The highest BCUT2D eigenvalue weighted by Gasteiger charge is 2.57. The summed E-state index contributed by atoms with van der Waals surface area (Å²) in [7, 11) is 1.63. The van der Waals surface area contributed by atoms with Gasteiger partial charge in [0.1, 0.15) is 0 Å². The largest absolute Gasteiger partial charge is 0.481 e. The minimum absolute atomic E-state index is 0.0278. The number of pyridine rings is 3. The highest BCUT2D eigenvalue weighted by molar-refractivity contribution is 5.88. The first kappa shape index (κ1) is 21.5. The molecule has 0 N–H and O–H groups in total. The first-order valence-corrected chi connectivity index (χ1v) is 11.1. The molecule has 0 radical (unpaired) electrons. The Morgan fingerprint density at radius 1 is 1.09 bits per heavy atom. The Kier molecular flexibility index (Phi) is 6.02. The molecule has 0 saturated carbocycles. The van der Waals surface area contributed by atoms with E-state index in [1.807, 2.05) is 47.5 Å². The molecule has 170 valence electrons. The maximum atomic E-state index is 14.0. The molecule has 5 heterocycles. The second kappa shape index (κ2) is 9.25. The first-order chi connectivity index (χ1) is 16.2. The normalized spacial score (nSPS) is 23.2. The molecule has 0 unspecified atom stereocenters. The van der Waals surface area contributed by atoms with Crippen molar-refractivity contribution in [1.82, 2.24) is 24.8 Å². The average Bonchev–Trinajstić information content (AvgIpc) is 3.22. The van der Waals surface area contributed by atoms with Gasteiger partial charge in [0.15, 0.2) is 5.60 Å². The monoisotopic (exact) mass is 445 g/mol. The number of aromatic nitrogens is 3. The first-order valence-electron chi connectivity index (χ1n) is 11.1. The van der Waals surface area contributed by atoms with E-state index in [4.69, 9.17) is 9.47 Å². The lowest BCUT2D eigenvalue weighted by atomic mass is 9.83. The number of carbonyl (C=O) groups is 1. The van der Waals surface area contributed by atoms with Crippen molar-refractivity contribution in [2.45, 2.75) is 24.6 Å². The zero-order valence-electron chi connectivity index (χ0n) is 18.6. The molecule has 1 spiro atoms. The number of rotatable bonds is 6. The summed E-state index contributed by atoms with van der Waals surface area (Å²) in [5.41, 5.74) is 2.10. The zero-order valence-corrected chi connectivity index (χ0v) is 18.6. The molecular weight excluding hydrogens is 418 g/mol. The standard InChI is InChI=1S/C25H27N5O3/c1-32-23-21(5-3-9-28-23)16-29-17-22(20-4-2-8-27-14-20)25(18-29)24(31)30(12-13-33-25)15-19-6-10-26-11-7-19/h2-11,14,22H,12-13,15-18H2,1H3/t22-,25-/m1/s1. The predicted molar refractivity (Wildman–Crippen MR) is 121 cm³/mol. The Balaban J connectivity index is 1.45. The van der Waals surface area contributed by atoms with Gasteiger partial charge in [-0.15, -0.1) is 0 Å². The molecule has 2 atom stereocenters. The summed E-state index contributed by atoms with van der Waals surface area (Å²) in [5, 5.41) is 0. The molecule has 0 aliphatic carbocycles. The SMILES string of the molecule is COc1ncccc1CN1C[C@H](c2cccnc2)[C@@]2(C1)OCCN(Cc1ccncc1)C2=O. The Hall–Kier alpha value is -3.36. The fourth-order valence-corrected chi connectivity index (χ4v) is 4.95. The summed E-state index contributed by atoms with van der Waals surface area (Å²) in [6.07, 6.45) is 8.83. The third-order valence-corrected chi connectivity index (χ3v) is 6.48. The van der Waals surface area contributed by atoms with Crippen molar-refractivity contribution in [3.05, 3.63) is 84.1 Å². The van der Waals surface area contributed by atoms with Gasteiger partial charge in [0.2, 0.25) is 5.88 Å². The van der Waals surface area contributed by atoms with Crippen LogP contribution in [0.1, 0.15) is 22.6 Å². The molecular formula is C25H27N5O3. The molecule has 8 heteroatoms. The highest BCUT2D eigenvalue weighted by atomic mass is 16.5. The number of methoxy groups -OCH3 is 1. The van der Waals surface area contributed by atoms with Gasteiger partial charge in [-0.1, -0.05) is 12.1 Å². The van der Waals surface area contributed by atoms with Crippen molar-refractivity contribution in [2.75, 3.05) is 33.4 Å². The molecule has 2 saturated heterocycles. The van der Waals surface area contributed by atoms with E-state index in [9.17, 15) is 4.79 Å². The predicted octanol–water partition coefficient (Wildman–Crippen LogP) is 2.28. The van der Waals surface area contributed by atoms with E-state index in [2.05, 4.69) is 19.9 Å². The Morgan fingerprint density at radius 2 is 1.94 bits per heavy atom. The average molecular weight is 446 g/mol. The van der Waals surface area contributed by atoms with Crippen molar-refractivity contribution >= 4 is 5.91 Å². The van der Waals surface area contributed by atoms with E-state index in [1.165, 1.54) is 0 Å². The molecule has 1 amide bonds. The van der Waals surface area contributed by atoms with Gasteiger partial charge >= 0.3 is 0 Å². The van der Waals surface area contributed by atoms with Crippen LogP contribution in [0, 0.1) is 0 Å². The summed E-state index contributed by atoms with van der Waals surface area (Å²) in [4.78, 5) is 30.9. The summed E-state index contributed by atoms with van der Waals surface area (Å²) in [5.74, 6) is 0.508. The topological polar surface area (TPSA) is 80.7 Å². The molecule has 2 fully saturated rings. The van der Waals surface area contributed by atoms with Gasteiger partial charge in [0, 0.05) is 75.2 Å². The number of amides is 1. The van der Waals surface area contributed by atoms with Gasteiger partial charge < -0.3 is 14.4 Å². The molecule has 3 aromatic rings. The molecule has 33 heavy (non-hydrogen) atoms. The van der Waals surface area contributed by atoms with E-state index >= 15 is 0 Å². The lowest BCUT2D eigenvalue weighted by Gasteiger charge is -2.42. The van der Waals surface area contributed by atoms with E-state index in [1.54, 1.807) is 31.9 Å². The van der Waals surface area contributed by atoms with Gasteiger partial charge in [-0.25, -0.2) is 4.98 Å². The number of morpholine rings is 1. The third kappa shape index (κ3) is 4.19. The maximum absolute atomic E-state index is 14.0. The smallest absolute Gasteiger partial charge is 0.257 e. The van der Waals surface area contributed by atoms with Crippen LogP contribution in [0.15, 0.2) is 67.4 Å². The number of nitrogens with zero attached hydrogens (tertiary/aromatic N) is 5. The zero-order chi connectivity index (χ0) is 22.7. The van der Waals surface area contributed by atoms with Crippen molar-refractivity contribution in [1.29, 1.82) is 0 Å². The Morgan fingerprint density at radius 3 is 2.73 bits per heavy atom. The van der Waals surface area contributed by atoms with Crippen LogP contribution in [0.25, 0.3) is 0 Å². The Bertz CT molecular complexity index is 1100. The fourth-order valence-electron chi connectivity index (χ4n) is 4.95. The van der Waals surface area contributed by atoms with Gasteiger partial charge in [0.05, 0.1) is 13.7 Å². The van der Waals surface area contributed by atoms with Gasteiger partial charge in [-0.05, 0) is 35.4 Å². The number of ether oxygens (including phenoxy) is 2. The molecule has 3 aromatic heterocycles. The van der Waals surface area contributed by atoms with Gasteiger partial charge in [-0.2, -0.15) is 0 Å². The highest BCUT2D eigenvalue weighted by Crippen LogP contribution is 2.42. The molecule has 0 bridgehead atoms. The lowest BCUT2D eigenvalue weighted by molar-refractivity contribution is -0.173. The van der Waals surface area contributed by atoms with Crippen molar-refractivity contribution < 1.29 is 14.3 Å². The summed E-state index contributed by atoms with van der Waals surface area (Å²) < 4.78 is 11.8. The summed E-state index contributed by atoms with van der Waals surface area (Å²) in [6, 6.07) is 11.8. The third-order valence-electron chi connectivity index (χ3n) is 6.48. The van der Waals surface area contributed by atoms with Crippen molar-refractivity contribution in [3.8, 4) is 5.88 Å². The maximum Gasteiger partial charge on any atom is 0.257 e. The van der Waals surface area contributed by atoms with E-state index in [-0.39, 0.29) is 11.8 Å². The summed E-state index contributed by atoms with van der Waals surface area (Å²) >= 11 is 0. The quantitative estimate of drug-likeness (QED) is 0.576. The number of carbonyl (C=O) groups excluding carboxylic acids is 1. The fraction of sp³-hybridized carbons (Fsp3) is 0.360. The van der Waals surface area contributed by atoms with Crippen LogP contribution in [0.4, 0.5) is 0 Å².